The van der Waals surface area contributed by atoms with E-state index in [1.54, 1.807) is 24.4 Å². The van der Waals surface area contributed by atoms with Crippen LogP contribution in [0.4, 0.5) is 13.2 Å². The second kappa shape index (κ2) is 7.28. The van der Waals surface area contributed by atoms with Gasteiger partial charge in [0.1, 0.15) is 23.0 Å². The summed E-state index contributed by atoms with van der Waals surface area (Å²) >= 11 is 0. The molecule has 0 spiro atoms. The summed E-state index contributed by atoms with van der Waals surface area (Å²) in [5, 5.41) is 8.85. The van der Waals surface area contributed by atoms with E-state index in [4.69, 9.17) is 0 Å². The highest BCUT2D eigenvalue weighted by atomic mass is 19.1. The summed E-state index contributed by atoms with van der Waals surface area (Å²) in [6, 6.07) is 11.7. The fourth-order valence-electron chi connectivity index (χ4n) is 3.42. The van der Waals surface area contributed by atoms with Crippen molar-refractivity contribution < 1.29 is 18.0 Å². The minimum atomic E-state index is -1.04. The molecule has 31 heavy (non-hydrogen) atoms. The van der Waals surface area contributed by atoms with Crippen LogP contribution < -0.4 is 0 Å². The van der Waals surface area contributed by atoms with Gasteiger partial charge in [-0.1, -0.05) is 11.3 Å². The predicted octanol–water partition coefficient (Wildman–Crippen LogP) is 3.96. The number of hydrogen-bond donors (Lipinski definition) is 0. The van der Waals surface area contributed by atoms with Gasteiger partial charge in [0.25, 0.3) is 0 Å². The third kappa shape index (κ3) is 3.20. The summed E-state index contributed by atoms with van der Waals surface area (Å²) in [6.07, 6.45) is 2.81. The zero-order chi connectivity index (χ0) is 21.5. The second-order valence-corrected chi connectivity index (χ2v) is 6.80. The van der Waals surface area contributed by atoms with Gasteiger partial charge in [-0.2, -0.15) is 0 Å². The molecule has 0 saturated carbocycles. The Balaban J connectivity index is 1.62. The maximum Gasteiger partial charge on any atom is 0.239 e. The van der Waals surface area contributed by atoms with E-state index in [9.17, 15) is 18.0 Å². The van der Waals surface area contributed by atoms with E-state index in [1.807, 2.05) is 6.07 Å². The molecule has 2 aromatic carbocycles. The fourth-order valence-corrected chi connectivity index (χ4v) is 3.42. The van der Waals surface area contributed by atoms with Gasteiger partial charge in [-0.3, -0.25) is 9.78 Å². The van der Waals surface area contributed by atoms with Crippen LogP contribution in [0.15, 0.2) is 54.7 Å². The molecule has 0 saturated heterocycles. The van der Waals surface area contributed by atoms with Gasteiger partial charge in [-0.15, -0.1) is 5.10 Å². The van der Waals surface area contributed by atoms with Crippen LogP contribution in [-0.4, -0.2) is 31.2 Å². The smallest absolute Gasteiger partial charge is 0.239 e. The lowest BCUT2D eigenvalue weighted by molar-refractivity contribution is 0.542. The van der Waals surface area contributed by atoms with Crippen LogP contribution >= 0.6 is 0 Å². The molecule has 1 radical (unpaired) electrons. The Kier molecular flexibility index (Phi) is 4.43. The number of benzene rings is 2. The van der Waals surface area contributed by atoms with Crippen LogP contribution in [0.3, 0.4) is 0 Å². The average molecular weight is 418 g/mol. The van der Waals surface area contributed by atoms with E-state index in [0.717, 1.165) is 17.5 Å². The first-order valence-electron chi connectivity index (χ1n) is 9.15. The lowest BCUT2D eigenvalue weighted by atomic mass is 10.1. The Morgan fingerprint density at radius 3 is 2.55 bits per heavy atom. The Labute approximate surface area is 173 Å². The van der Waals surface area contributed by atoms with E-state index in [-0.39, 0.29) is 17.8 Å². The third-order valence-corrected chi connectivity index (χ3v) is 4.93. The topological polar surface area (TPSA) is 73.6 Å². The quantitative estimate of drug-likeness (QED) is 0.442. The van der Waals surface area contributed by atoms with Crippen LogP contribution in [-0.2, 0) is 11.3 Å². The monoisotopic (exact) mass is 418 g/mol. The van der Waals surface area contributed by atoms with Crippen LogP contribution in [0.25, 0.3) is 33.3 Å². The number of carbonyl (C=O) groups excluding carboxylic acids is 1. The first kappa shape index (κ1) is 18.9. The molecule has 0 amide bonds. The number of fused-ring (bicyclic) bond motifs is 2. The van der Waals surface area contributed by atoms with Crippen molar-refractivity contribution in [3.05, 3.63) is 83.3 Å². The molecular weight excluding hydrogens is 407 g/mol. The number of hydrogen-bond acceptors (Lipinski definition) is 5. The molecule has 9 heteroatoms. The molecular formula is C22H11F3N5O. The Morgan fingerprint density at radius 1 is 0.968 bits per heavy atom. The summed E-state index contributed by atoms with van der Waals surface area (Å²) in [6.45, 7) is 0.00883. The van der Waals surface area contributed by atoms with Crippen molar-refractivity contribution in [2.75, 3.05) is 0 Å². The molecule has 0 atom stereocenters. The van der Waals surface area contributed by atoms with Crippen molar-refractivity contribution in [2.45, 2.75) is 6.54 Å². The number of rotatable bonds is 4. The molecule has 0 aliphatic heterocycles. The van der Waals surface area contributed by atoms with Crippen LogP contribution in [0.5, 0.6) is 0 Å². The third-order valence-electron chi connectivity index (χ3n) is 4.93. The number of halogens is 3. The largest absolute Gasteiger partial charge is 0.285 e. The molecule has 6 nitrogen and oxygen atoms in total. The summed E-state index contributed by atoms with van der Waals surface area (Å²) in [5.74, 6) is -2.53. The van der Waals surface area contributed by atoms with Crippen molar-refractivity contribution in [3.63, 3.8) is 0 Å². The molecule has 5 aromatic rings. The van der Waals surface area contributed by atoms with Crippen molar-refractivity contribution in [2.24, 2.45) is 0 Å². The van der Waals surface area contributed by atoms with Gasteiger partial charge in [0, 0.05) is 22.7 Å². The molecule has 0 aliphatic rings. The normalized spacial score (nSPS) is 11.3. The number of aromatic nitrogens is 5. The van der Waals surface area contributed by atoms with Gasteiger partial charge in [0.2, 0.25) is 6.29 Å². The summed E-state index contributed by atoms with van der Waals surface area (Å²) < 4.78 is 44.0. The molecule has 0 fully saturated rings. The average Bonchev–Trinajstić information content (AvgIpc) is 3.17. The molecule has 0 unspecified atom stereocenters. The zero-order valence-electron chi connectivity index (χ0n) is 15.7. The Bertz CT molecular complexity index is 1460. The maximum absolute atomic E-state index is 14.6. The molecule has 3 aromatic heterocycles. The first-order chi connectivity index (χ1) is 15.0. The maximum atomic E-state index is 14.6. The second-order valence-electron chi connectivity index (χ2n) is 6.80. The van der Waals surface area contributed by atoms with E-state index in [0.29, 0.717) is 22.2 Å². The van der Waals surface area contributed by atoms with Gasteiger partial charge in [0.05, 0.1) is 23.3 Å². The van der Waals surface area contributed by atoms with Gasteiger partial charge < -0.3 is 0 Å². The van der Waals surface area contributed by atoms with E-state index in [2.05, 4.69) is 20.3 Å². The lowest BCUT2D eigenvalue weighted by Gasteiger charge is -2.08. The van der Waals surface area contributed by atoms with Gasteiger partial charge in [0.15, 0.2) is 5.65 Å². The van der Waals surface area contributed by atoms with E-state index >= 15 is 0 Å². The minimum Gasteiger partial charge on any atom is -0.285 e. The molecule has 0 N–H and O–H groups in total. The van der Waals surface area contributed by atoms with Gasteiger partial charge in [-0.05, 0) is 42.5 Å². The van der Waals surface area contributed by atoms with Crippen molar-refractivity contribution in [1.82, 2.24) is 25.0 Å². The first-order valence-corrected chi connectivity index (χ1v) is 9.15. The van der Waals surface area contributed by atoms with E-state index < -0.39 is 23.0 Å². The molecule has 5 rings (SSSR count). The standard InChI is InChI=1S/C22H11F3N5O/c23-16-4-3-12-2-1-7-26-21(12)14(16)10-30-22-20(28-29-30)6-5-19(27-22)13-8-17(24)15(11-31)18(25)9-13/h1-9H,10H2. The SMILES string of the molecule is O=[C]c1c(F)cc(-c2ccc3nnn(Cc4c(F)ccc5cccnc45)c3n2)cc1F. The number of pyridine rings is 2. The Morgan fingerprint density at radius 2 is 1.77 bits per heavy atom. The van der Waals surface area contributed by atoms with Crippen LogP contribution in [0, 0.1) is 17.5 Å². The number of nitrogens with zero attached hydrogens (tertiary/aromatic N) is 5. The minimum absolute atomic E-state index is 0.00883. The van der Waals surface area contributed by atoms with E-state index in [1.165, 1.54) is 23.1 Å². The van der Waals surface area contributed by atoms with Crippen LogP contribution in [0.2, 0.25) is 0 Å². The van der Waals surface area contributed by atoms with Crippen molar-refractivity contribution >= 4 is 28.4 Å². The summed E-state index contributed by atoms with van der Waals surface area (Å²) in [7, 11) is 0. The highest BCUT2D eigenvalue weighted by molar-refractivity contribution is 5.82. The summed E-state index contributed by atoms with van der Waals surface area (Å²) in [4.78, 5) is 19.4. The zero-order valence-corrected chi connectivity index (χ0v) is 15.7. The molecule has 3 heterocycles. The fraction of sp³-hybridized carbons (Fsp3) is 0.0455. The van der Waals surface area contributed by atoms with Crippen molar-refractivity contribution in [1.29, 1.82) is 0 Å². The molecule has 151 valence electrons. The highest BCUT2D eigenvalue weighted by Gasteiger charge is 2.16. The molecule has 0 bridgehead atoms. The van der Waals surface area contributed by atoms with Gasteiger partial charge in [-0.25, -0.2) is 22.8 Å². The molecule has 0 aliphatic carbocycles. The van der Waals surface area contributed by atoms with Crippen molar-refractivity contribution in [3.8, 4) is 11.3 Å². The lowest BCUT2D eigenvalue weighted by Crippen LogP contribution is -2.06. The summed E-state index contributed by atoms with van der Waals surface area (Å²) in [5.41, 5.74) is 1.14. The van der Waals surface area contributed by atoms with Gasteiger partial charge >= 0.3 is 0 Å². The Hall–Kier alpha value is -4.14. The van der Waals surface area contributed by atoms with Crippen LogP contribution in [0.1, 0.15) is 11.1 Å². The predicted molar refractivity (Wildman–Crippen MR) is 106 cm³/mol. The highest BCUT2D eigenvalue weighted by Crippen LogP contribution is 2.25.